The molecule has 0 aromatic heterocycles. The van der Waals surface area contributed by atoms with Crippen LogP contribution in [0.5, 0.6) is 0 Å². The number of imide groups is 1. The molecule has 1 spiro atoms. The molecule has 0 unspecified atom stereocenters. The van der Waals surface area contributed by atoms with Crippen molar-refractivity contribution < 1.29 is 19.5 Å². The Morgan fingerprint density at radius 1 is 0.919 bits per heavy atom. The molecular formula is C28H23Cl2N3O4. The third-order valence-corrected chi connectivity index (χ3v) is 8.31. The van der Waals surface area contributed by atoms with Crippen LogP contribution >= 0.6 is 23.2 Å². The average molecular weight is 536 g/mol. The quantitative estimate of drug-likeness (QED) is 0.433. The number of rotatable bonds is 5. The lowest BCUT2D eigenvalue weighted by molar-refractivity contribution is -0.143. The summed E-state index contributed by atoms with van der Waals surface area (Å²) >= 11 is 12.4. The van der Waals surface area contributed by atoms with Crippen LogP contribution in [0.3, 0.4) is 0 Å². The maximum absolute atomic E-state index is 13.9. The number of aliphatic hydroxyl groups excluding tert-OH is 1. The molecule has 2 fully saturated rings. The molecule has 5 atom stereocenters. The minimum absolute atomic E-state index is 0.179. The van der Waals surface area contributed by atoms with E-state index < -0.39 is 47.2 Å². The summed E-state index contributed by atoms with van der Waals surface area (Å²) < 4.78 is 0. The van der Waals surface area contributed by atoms with Gasteiger partial charge in [-0.05, 0) is 35.7 Å². The number of nitrogens with one attached hydrogen (secondary N) is 2. The Balaban J connectivity index is 1.43. The summed E-state index contributed by atoms with van der Waals surface area (Å²) in [6, 6.07) is 20.4. The van der Waals surface area contributed by atoms with Gasteiger partial charge in [0.25, 0.3) is 0 Å². The van der Waals surface area contributed by atoms with Crippen LogP contribution in [-0.4, -0.2) is 40.3 Å². The standard InChI is InChI=1S/C28H23Cl2N3O4/c29-17-11-9-16(10-12-17)24(34)23-20-21(26(36)33(25(20)35)14-13-15-5-2-1-3-6-15)28(32-23)18-7-4-8-19(30)22(18)31-27(28)37/h1-12,20-21,23-24,32,34H,13-14H2,(H,31,37)/t20-,21-,23-,24+,28+/m0/s1. The van der Waals surface area contributed by atoms with Crippen LogP contribution in [0.1, 0.15) is 22.8 Å². The van der Waals surface area contributed by atoms with Gasteiger partial charge in [-0.15, -0.1) is 0 Å². The summed E-state index contributed by atoms with van der Waals surface area (Å²) in [5.41, 5.74) is 0.866. The van der Waals surface area contributed by atoms with Crippen LogP contribution in [0.2, 0.25) is 10.0 Å². The Bertz CT molecular complexity index is 1410. The number of nitrogens with zero attached hydrogens (tertiary/aromatic N) is 1. The minimum Gasteiger partial charge on any atom is -0.387 e. The zero-order valence-electron chi connectivity index (χ0n) is 19.5. The van der Waals surface area contributed by atoms with Crippen LogP contribution in [0.25, 0.3) is 0 Å². The maximum Gasteiger partial charge on any atom is 0.250 e. The number of hydrogen-bond donors (Lipinski definition) is 3. The van der Waals surface area contributed by atoms with Crippen molar-refractivity contribution in [3.8, 4) is 0 Å². The van der Waals surface area contributed by atoms with E-state index in [1.807, 2.05) is 30.3 Å². The Kier molecular flexibility index (Phi) is 5.84. The fraction of sp³-hybridized carbons (Fsp3) is 0.250. The molecule has 0 radical (unpaired) electrons. The number of amides is 3. The van der Waals surface area contributed by atoms with Crippen molar-refractivity contribution in [2.75, 3.05) is 11.9 Å². The van der Waals surface area contributed by atoms with Crippen molar-refractivity contribution in [2.45, 2.75) is 24.1 Å². The van der Waals surface area contributed by atoms with E-state index in [1.165, 1.54) is 4.90 Å². The molecule has 3 aromatic carbocycles. The van der Waals surface area contributed by atoms with Crippen molar-refractivity contribution in [3.05, 3.63) is 99.5 Å². The highest BCUT2D eigenvalue weighted by Gasteiger charge is 2.71. The normalized spacial score (nSPS) is 26.9. The first-order valence-electron chi connectivity index (χ1n) is 12.0. The maximum atomic E-state index is 13.9. The van der Waals surface area contributed by atoms with Crippen LogP contribution in [0.4, 0.5) is 5.69 Å². The van der Waals surface area contributed by atoms with E-state index in [0.29, 0.717) is 33.3 Å². The molecule has 0 saturated carbocycles. The number of para-hydroxylation sites is 1. The molecule has 188 valence electrons. The first-order chi connectivity index (χ1) is 17.8. The molecule has 3 heterocycles. The van der Waals surface area contributed by atoms with Gasteiger partial charge in [0.1, 0.15) is 5.54 Å². The number of fused-ring (bicyclic) bond motifs is 4. The van der Waals surface area contributed by atoms with Gasteiger partial charge in [-0.1, -0.05) is 77.8 Å². The molecule has 0 aliphatic carbocycles. The molecule has 3 aliphatic rings. The van der Waals surface area contributed by atoms with Crippen molar-refractivity contribution in [3.63, 3.8) is 0 Å². The summed E-state index contributed by atoms with van der Waals surface area (Å²) in [7, 11) is 0. The molecular weight excluding hydrogens is 513 g/mol. The SMILES string of the molecule is O=C1[C@@H]2[C@@H]([C@H](O)c3ccc(Cl)cc3)N[C@@]3(C(=O)Nc4c(Cl)cccc43)[C@@H]2C(=O)N1CCc1ccccc1. The average Bonchev–Trinajstić information content (AvgIpc) is 3.49. The fourth-order valence-electron chi connectivity index (χ4n) is 6.03. The molecule has 3 amide bonds. The zero-order chi connectivity index (χ0) is 25.9. The van der Waals surface area contributed by atoms with E-state index in [1.54, 1.807) is 42.5 Å². The summed E-state index contributed by atoms with van der Waals surface area (Å²) in [5.74, 6) is -3.31. The molecule has 2 saturated heterocycles. The van der Waals surface area contributed by atoms with E-state index in [2.05, 4.69) is 10.6 Å². The van der Waals surface area contributed by atoms with Gasteiger partial charge in [-0.25, -0.2) is 0 Å². The fourth-order valence-corrected chi connectivity index (χ4v) is 6.37. The van der Waals surface area contributed by atoms with Gasteiger partial charge in [0.2, 0.25) is 17.7 Å². The largest absolute Gasteiger partial charge is 0.387 e. The molecule has 3 aliphatic heterocycles. The smallest absolute Gasteiger partial charge is 0.250 e. The predicted octanol–water partition coefficient (Wildman–Crippen LogP) is 3.69. The number of benzene rings is 3. The van der Waals surface area contributed by atoms with Crippen LogP contribution in [0.15, 0.2) is 72.8 Å². The third kappa shape index (κ3) is 3.61. The lowest BCUT2D eigenvalue weighted by atomic mass is 9.76. The Morgan fingerprint density at radius 3 is 2.38 bits per heavy atom. The number of halogens is 2. The van der Waals surface area contributed by atoms with E-state index in [-0.39, 0.29) is 6.54 Å². The van der Waals surface area contributed by atoms with E-state index >= 15 is 0 Å². The van der Waals surface area contributed by atoms with E-state index in [4.69, 9.17) is 23.2 Å². The van der Waals surface area contributed by atoms with Crippen molar-refractivity contribution in [1.29, 1.82) is 0 Å². The van der Waals surface area contributed by atoms with Crippen LogP contribution in [-0.2, 0) is 26.3 Å². The summed E-state index contributed by atoms with van der Waals surface area (Å²) in [5, 5.41) is 18.3. The van der Waals surface area contributed by atoms with Gasteiger partial charge in [0.15, 0.2) is 0 Å². The highest BCUT2D eigenvalue weighted by molar-refractivity contribution is 6.35. The van der Waals surface area contributed by atoms with Crippen LogP contribution in [0, 0.1) is 11.8 Å². The van der Waals surface area contributed by atoms with E-state index in [9.17, 15) is 19.5 Å². The Morgan fingerprint density at radius 2 is 1.65 bits per heavy atom. The number of aliphatic hydroxyl groups is 1. The Labute approximate surface area is 223 Å². The van der Waals surface area contributed by atoms with Crippen molar-refractivity contribution in [1.82, 2.24) is 10.2 Å². The highest BCUT2D eigenvalue weighted by atomic mass is 35.5. The van der Waals surface area contributed by atoms with Crippen molar-refractivity contribution in [2.24, 2.45) is 11.8 Å². The number of carbonyl (C=O) groups is 3. The second-order valence-corrected chi connectivity index (χ2v) is 10.5. The molecule has 3 N–H and O–H groups in total. The summed E-state index contributed by atoms with van der Waals surface area (Å²) in [4.78, 5) is 42.6. The number of hydrogen-bond acceptors (Lipinski definition) is 5. The summed E-state index contributed by atoms with van der Waals surface area (Å²) in [6.07, 6.45) is -0.692. The van der Waals surface area contributed by atoms with Gasteiger partial charge >= 0.3 is 0 Å². The summed E-state index contributed by atoms with van der Waals surface area (Å²) in [6.45, 7) is 0.179. The lowest BCUT2D eigenvalue weighted by Gasteiger charge is -2.30. The van der Waals surface area contributed by atoms with E-state index in [0.717, 1.165) is 5.56 Å². The zero-order valence-corrected chi connectivity index (χ0v) is 21.0. The highest BCUT2D eigenvalue weighted by Crippen LogP contribution is 2.55. The molecule has 37 heavy (non-hydrogen) atoms. The number of likely N-dealkylation sites (tertiary alicyclic amines) is 1. The molecule has 3 aromatic rings. The van der Waals surface area contributed by atoms with Crippen molar-refractivity contribution >= 4 is 46.6 Å². The number of carbonyl (C=O) groups excluding carboxylic acids is 3. The lowest BCUT2D eigenvalue weighted by Crippen LogP contribution is -2.54. The van der Waals surface area contributed by atoms with Gasteiger partial charge < -0.3 is 10.4 Å². The molecule has 0 bridgehead atoms. The second kappa shape index (κ2) is 8.96. The van der Waals surface area contributed by atoms with Gasteiger partial charge in [-0.3, -0.25) is 24.6 Å². The molecule has 7 nitrogen and oxygen atoms in total. The monoisotopic (exact) mass is 535 g/mol. The van der Waals surface area contributed by atoms with Crippen LogP contribution < -0.4 is 10.6 Å². The van der Waals surface area contributed by atoms with Gasteiger partial charge in [0.05, 0.1) is 34.7 Å². The second-order valence-electron chi connectivity index (χ2n) is 9.66. The number of anilines is 1. The van der Waals surface area contributed by atoms with Gasteiger partial charge in [-0.2, -0.15) is 0 Å². The minimum atomic E-state index is -1.54. The predicted molar refractivity (Wildman–Crippen MR) is 139 cm³/mol. The molecule has 6 rings (SSSR count). The third-order valence-electron chi connectivity index (χ3n) is 7.74. The molecule has 9 heteroatoms. The first kappa shape index (κ1) is 24.1. The Hall–Kier alpha value is -3.23. The first-order valence-corrected chi connectivity index (χ1v) is 12.8. The topological polar surface area (TPSA) is 98.7 Å². The van der Waals surface area contributed by atoms with Gasteiger partial charge in [0, 0.05) is 17.1 Å².